The molecule has 1 aromatic rings. The van der Waals surface area contributed by atoms with Crippen LogP contribution in [-0.4, -0.2) is 69.5 Å². The summed E-state index contributed by atoms with van der Waals surface area (Å²) in [6.45, 7) is 0.231. The van der Waals surface area contributed by atoms with Crippen molar-refractivity contribution >= 4 is 5.91 Å². The molecule has 0 aromatic heterocycles. The second kappa shape index (κ2) is 4.68. The maximum Gasteiger partial charge on any atom is 0.266 e. The zero-order valence-corrected chi connectivity index (χ0v) is 12.4. The molecule has 1 aromatic carbocycles. The van der Waals surface area contributed by atoms with Gasteiger partial charge in [0.15, 0.2) is 6.10 Å². The van der Waals surface area contributed by atoms with Gasteiger partial charge in [-0.15, -0.1) is 0 Å². The fraction of sp³-hybridized carbons (Fsp3) is 0.562. The minimum Gasteiger partial charge on any atom is -0.478 e. The van der Waals surface area contributed by atoms with Crippen LogP contribution in [0.5, 0.6) is 5.75 Å². The van der Waals surface area contributed by atoms with Gasteiger partial charge in [-0.3, -0.25) is 9.69 Å². The number of hydrogen-bond donors (Lipinski definition) is 2. The van der Waals surface area contributed by atoms with Crippen molar-refractivity contribution in [1.29, 1.82) is 0 Å². The molecule has 0 radical (unpaired) electrons. The zero-order chi connectivity index (χ0) is 15.5. The minimum atomic E-state index is -1.13. The molecule has 0 spiro atoms. The summed E-state index contributed by atoms with van der Waals surface area (Å²) in [6.07, 6.45) is -0.256. The summed E-state index contributed by atoms with van der Waals surface area (Å²) in [5.74, 6) is 0.585. The van der Waals surface area contributed by atoms with Crippen molar-refractivity contribution in [2.24, 2.45) is 0 Å². The van der Waals surface area contributed by atoms with E-state index in [-0.39, 0.29) is 31.0 Å². The van der Waals surface area contributed by atoms with Gasteiger partial charge in [0.2, 0.25) is 0 Å². The highest BCUT2D eigenvalue weighted by atomic mass is 16.5. The predicted octanol–water partition coefficient (Wildman–Crippen LogP) is -0.198. The average molecular weight is 304 g/mol. The third-order valence-corrected chi connectivity index (χ3v) is 5.25. The number of carbonyl (C=O) groups is 1. The first-order chi connectivity index (χ1) is 10.5. The molecule has 3 heterocycles. The maximum atomic E-state index is 12.4. The third kappa shape index (κ3) is 1.87. The lowest BCUT2D eigenvalue weighted by molar-refractivity contribution is -0.254. The molecule has 6 nitrogen and oxygen atoms in total. The van der Waals surface area contributed by atoms with E-state index in [0.29, 0.717) is 12.2 Å². The van der Waals surface area contributed by atoms with Gasteiger partial charge in [0.25, 0.3) is 5.91 Å². The van der Waals surface area contributed by atoms with E-state index in [1.54, 1.807) is 4.90 Å². The van der Waals surface area contributed by atoms with Gasteiger partial charge in [0.1, 0.15) is 11.5 Å². The van der Waals surface area contributed by atoms with Crippen molar-refractivity contribution in [3.05, 3.63) is 30.3 Å². The Balaban J connectivity index is 1.59. The van der Waals surface area contributed by atoms with Crippen LogP contribution in [-0.2, 0) is 4.79 Å². The molecule has 3 aliphatic rings. The lowest BCUT2D eigenvalue weighted by atomic mass is 9.76. The topological polar surface area (TPSA) is 73.2 Å². The van der Waals surface area contributed by atoms with Crippen LogP contribution >= 0.6 is 0 Å². The lowest BCUT2D eigenvalue weighted by Gasteiger charge is -2.63. The van der Waals surface area contributed by atoms with Crippen LogP contribution in [0.2, 0.25) is 0 Å². The monoisotopic (exact) mass is 304 g/mol. The number of benzene rings is 1. The lowest BCUT2D eigenvalue weighted by Crippen LogP contribution is -2.83. The summed E-state index contributed by atoms with van der Waals surface area (Å²) in [5, 5.41) is 20.7. The number of fused-ring (bicyclic) bond motifs is 4. The van der Waals surface area contributed by atoms with Crippen molar-refractivity contribution in [2.75, 3.05) is 13.6 Å². The molecule has 3 saturated heterocycles. The Bertz CT molecular complexity index is 595. The number of piperidine rings is 1. The number of amides is 1. The van der Waals surface area contributed by atoms with Crippen LogP contribution in [0.1, 0.15) is 12.8 Å². The van der Waals surface area contributed by atoms with E-state index in [1.807, 2.05) is 42.3 Å². The van der Waals surface area contributed by atoms with Gasteiger partial charge in [-0.05, 0) is 25.6 Å². The van der Waals surface area contributed by atoms with Crippen molar-refractivity contribution in [3.8, 4) is 5.75 Å². The first kappa shape index (κ1) is 14.0. The van der Waals surface area contributed by atoms with Crippen molar-refractivity contribution in [1.82, 2.24) is 9.80 Å². The highest BCUT2D eigenvalue weighted by Gasteiger charge is 2.63. The molecule has 0 saturated carbocycles. The van der Waals surface area contributed by atoms with Crippen molar-refractivity contribution in [2.45, 2.75) is 42.9 Å². The molecule has 6 heteroatoms. The van der Waals surface area contributed by atoms with Gasteiger partial charge >= 0.3 is 0 Å². The number of para-hydroxylation sites is 1. The molecule has 1 amide bonds. The van der Waals surface area contributed by atoms with Crippen LogP contribution in [0.15, 0.2) is 30.3 Å². The molecule has 22 heavy (non-hydrogen) atoms. The average Bonchev–Trinajstić information content (AvgIpc) is 2.49. The molecular weight excluding hydrogens is 284 g/mol. The number of nitrogens with zero attached hydrogens (tertiary/aromatic N) is 2. The van der Waals surface area contributed by atoms with Gasteiger partial charge in [-0.1, -0.05) is 18.2 Å². The summed E-state index contributed by atoms with van der Waals surface area (Å²) < 4.78 is 5.86. The highest BCUT2D eigenvalue weighted by molar-refractivity contribution is 5.89. The normalized spacial score (nSPS) is 40.9. The van der Waals surface area contributed by atoms with Crippen LogP contribution < -0.4 is 4.74 Å². The van der Waals surface area contributed by atoms with Gasteiger partial charge in [0, 0.05) is 12.5 Å². The fourth-order valence-electron chi connectivity index (χ4n) is 4.06. The van der Waals surface area contributed by atoms with E-state index in [2.05, 4.69) is 0 Å². The minimum absolute atomic E-state index is 0.0817. The first-order valence-corrected chi connectivity index (χ1v) is 7.65. The second-order valence-electron chi connectivity index (χ2n) is 6.56. The summed E-state index contributed by atoms with van der Waals surface area (Å²) in [7, 11) is 1.86. The van der Waals surface area contributed by atoms with E-state index in [9.17, 15) is 15.0 Å². The first-order valence-electron chi connectivity index (χ1n) is 7.65. The number of aliphatic hydroxyl groups is 2. The van der Waals surface area contributed by atoms with E-state index < -0.39 is 17.9 Å². The molecule has 4 rings (SSSR count). The van der Waals surface area contributed by atoms with Crippen LogP contribution in [0.4, 0.5) is 0 Å². The third-order valence-electron chi connectivity index (χ3n) is 5.25. The van der Waals surface area contributed by atoms with Crippen molar-refractivity contribution in [3.63, 3.8) is 0 Å². The number of piperazine rings is 1. The van der Waals surface area contributed by atoms with Gasteiger partial charge in [-0.2, -0.15) is 0 Å². The second-order valence-corrected chi connectivity index (χ2v) is 6.56. The molecule has 3 fully saturated rings. The Kier molecular flexibility index (Phi) is 2.98. The molecule has 118 valence electrons. The van der Waals surface area contributed by atoms with Crippen LogP contribution in [0, 0.1) is 0 Å². The summed E-state index contributed by atoms with van der Waals surface area (Å²) >= 11 is 0. The van der Waals surface area contributed by atoms with Crippen LogP contribution in [0.25, 0.3) is 0 Å². The van der Waals surface area contributed by atoms with Crippen molar-refractivity contribution < 1.29 is 19.7 Å². The molecule has 0 aliphatic carbocycles. The Morgan fingerprint density at radius 2 is 2.05 bits per heavy atom. The quantitative estimate of drug-likeness (QED) is 0.741. The standard InChI is InChI=1S/C16H20N2O4/c1-17-12-7-10(19)8-16(17,21)9-18-13(12)14(15(18)20)22-11-5-3-2-4-6-11/h2-6,10,12-14,19,21H,7-9H2,1H3/t10-,12+,13+,14-,16+/m1/s1. The van der Waals surface area contributed by atoms with E-state index in [4.69, 9.17) is 4.74 Å². The molecule has 2 N–H and O–H groups in total. The zero-order valence-electron chi connectivity index (χ0n) is 12.4. The molecule has 3 aliphatic heterocycles. The number of carbonyl (C=O) groups excluding carboxylic acids is 1. The van der Waals surface area contributed by atoms with Gasteiger partial charge < -0.3 is 19.8 Å². The smallest absolute Gasteiger partial charge is 0.266 e. The number of likely N-dealkylation sites (N-methyl/N-ethyl adjacent to an activating group) is 1. The number of hydrogen-bond acceptors (Lipinski definition) is 5. The largest absolute Gasteiger partial charge is 0.478 e. The SMILES string of the molecule is CN1[C@H]2C[C@@H](O)C[C@]1(O)CN1C(=O)[C@H](Oc3ccccc3)[C@H]21. The van der Waals surface area contributed by atoms with E-state index in [1.165, 1.54) is 0 Å². The molecule has 5 atom stereocenters. The fourth-order valence-corrected chi connectivity index (χ4v) is 4.06. The Labute approximate surface area is 128 Å². The van der Waals surface area contributed by atoms with E-state index >= 15 is 0 Å². The summed E-state index contributed by atoms with van der Waals surface area (Å²) in [6, 6.07) is 9.08. The number of aliphatic hydroxyl groups excluding tert-OH is 1. The molecule has 2 bridgehead atoms. The maximum absolute atomic E-state index is 12.4. The van der Waals surface area contributed by atoms with Crippen LogP contribution in [0.3, 0.4) is 0 Å². The predicted molar refractivity (Wildman–Crippen MR) is 78.1 cm³/mol. The Morgan fingerprint density at radius 1 is 1.32 bits per heavy atom. The molecular formula is C16H20N2O4. The number of rotatable bonds is 2. The number of β-lactam (4-membered cyclic amide) rings is 1. The molecule has 0 unspecified atom stereocenters. The van der Waals surface area contributed by atoms with Gasteiger partial charge in [0.05, 0.1) is 18.7 Å². The van der Waals surface area contributed by atoms with Gasteiger partial charge in [-0.25, -0.2) is 0 Å². The van der Waals surface area contributed by atoms with E-state index in [0.717, 1.165) is 0 Å². The highest BCUT2D eigenvalue weighted by Crippen LogP contribution is 2.43. The summed E-state index contributed by atoms with van der Waals surface area (Å²) in [4.78, 5) is 16.0. The Hall–Kier alpha value is -1.63. The Morgan fingerprint density at radius 3 is 2.77 bits per heavy atom. The number of ether oxygens (including phenoxy) is 1. The summed E-state index contributed by atoms with van der Waals surface area (Å²) in [5.41, 5.74) is -1.13.